The van der Waals surface area contributed by atoms with Crippen molar-refractivity contribution in [3.8, 4) is 0 Å². The molecule has 56 valence electrons. The van der Waals surface area contributed by atoms with Gasteiger partial charge in [-0.3, -0.25) is 9.97 Å². The van der Waals surface area contributed by atoms with E-state index in [0.29, 0.717) is 0 Å². The quantitative estimate of drug-likeness (QED) is 0.549. The molecular formula is C8H14N2. The van der Waals surface area contributed by atoms with E-state index in [1.54, 1.807) is 18.6 Å². The third-order valence-corrected chi connectivity index (χ3v) is 0.692. The lowest BCUT2D eigenvalue weighted by Gasteiger charge is -1.81. The van der Waals surface area contributed by atoms with E-state index in [2.05, 4.69) is 23.8 Å². The van der Waals surface area contributed by atoms with Crippen molar-refractivity contribution in [3.05, 3.63) is 24.3 Å². The van der Waals surface area contributed by atoms with Crippen LogP contribution >= 0.6 is 0 Å². The second-order valence-electron chi connectivity index (χ2n) is 2.05. The summed E-state index contributed by atoms with van der Waals surface area (Å²) in [5.41, 5.74) is 0.961. The van der Waals surface area contributed by atoms with Crippen molar-refractivity contribution in [2.24, 2.45) is 0 Å². The van der Waals surface area contributed by atoms with Gasteiger partial charge in [-0.1, -0.05) is 20.3 Å². The molecule has 0 spiro atoms. The summed E-state index contributed by atoms with van der Waals surface area (Å²) < 4.78 is 0. The fourth-order valence-corrected chi connectivity index (χ4v) is 0.374. The summed E-state index contributed by atoms with van der Waals surface area (Å²) in [5, 5.41) is 0. The average molecular weight is 138 g/mol. The predicted octanol–water partition coefficient (Wildman–Crippen LogP) is 2.20. The molecule has 1 aromatic heterocycles. The van der Waals surface area contributed by atoms with Crippen LogP contribution < -0.4 is 0 Å². The van der Waals surface area contributed by atoms with Crippen LogP contribution in [0.4, 0.5) is 0 Å². The smallest absolute Gasteiger partial charge is 0.0555 e. The molecule has 0 unspecified atom stereocenters. The lowest BCUT2D eigenvalue weighted by atomic mass is 10.5. The molecule has 0 fully saturated rings. The number of rotatable bonds is 0. The van der Waals surface area contributed by atoms with E-state index in [1.165, 1.54) is 6.42 Å². The SMILES string of the molecule is CCC.Cc1cnccn1. The Morgan fingerprint density at radius 3 is 2.10 bits per heavy atom. The summed E-state index contributed by atoms with van der Waals surface area (Å²) in [7, 11) is 0. The first-order chi connectivity index (χ1) is 4.81. The van der Waals surface area contributed by atoms with Crippen LogP contribution in [-0.2, 0) is 0 Å². The molecule has 0 bridgehead atoms. The minimum absolute atomic E-state index is 0.961. The minimum Gasteiger partial charge on any atom is -0.261 e. The number of hydrogen-bond donors (Lipinski definition) is 0. The molecule has 2 nitrogen and oxygen atoms in total. The van der Waals surface area contributed by atoms with Crippen LogP contribution in [-0.4, -0.2) is 9.97 Å². The van der Waals surface area contributed by atoms with E-state index in [1.807, 2.05) is 6.92 Å². The first-order valence-corrected chi connectivity index (χ1v) is 3.53. The third kappa shape index (κ3) is 5.22. The zero-order valence-corrected chi connectivity index (χ0v) is 6.83. The fraction of sp³-hybridized carbons (Fsp3) is 0.500. The van der Waals surface area contributed by atoms with Crippen LogP contribution in [0.5, 0.6) is 0 Å². The van der Waals surface area contributed by atoms with E-state index in [4.69, 9.17) is 0 Å². The van der Waals surface area contributed by atoms with E-state index in [0.717, 1.165) is 5.69 Å². The lowest BCUT2D eigenvalue weighted by molar-refractivity contribution is 1.09. The van der Waals surface area contributed by atoms with Gasteiger partial charge in [-0.2, -0.15) is 0 Å². The van der Waals surface area contributed by atoms with Crippen molar-refractivity contribution < 1.29 is 0 Å². The van der Waals surface area contributed by atoms with Crippen molar-refractivity contribution in [2.45, 2.75) is 27.2 Å². The van der Waals surface area contributed by atoms with Gasteiger partial charge in [-0.05, 0) is 6.92 Å². The van der Waals surface area contributed by atoms with Crippen LogP contribution in [0.1, 0.15) is 26.0 Å². The monoisotopic (exact) mass is 138 g/mol. The van der Waals surface area contributed by atoms with Crippen molar-refractivity contribution in [1.82, 2.24) is 9.97 Å². The molecule has 0 N–H and O–H groups in total. The Kier molecular flexibility index (Phi) is 5.63. The topological polar surface area (TPSA) is 25.8 Å². The standard InChI is InChI=1S/C5H6N2.C3H8/c1-5-4-6-2-3-7-5;1-3-2/h2-4H,1H3;3H2,1-2H3. The van der Waals surface area contributed by atoms with Gasteiger partial charge in [0.1, 0.15) is 0 Å². The zero-order chi connectivity index (χ0) is 7.82. The molecule has 2 heteroatoms. The summed E-state index contributed by atoms with van der Waals surface area (Å²) >= 11 is 0. The predicted molar refractivity (Wildman–Crippen MR) is 42.7 cm³/mol. The Balaban J connectivity index is 0.000000236. The highest BCUT2D eigenvalue weighted by atomic mass is 14.7. The zero-order valence-electron chi connectivity index (χ0n) is 6.83. The maximum atomic E-state index is 3.92. The van der Waals surface area contributed by atoms with Crippen LogP contribution in [0, 0.1) is 6.92 Å². The van der Waals surface area contributed by atoms with Gasteiger partial charge in [-0.25, -0.2) is 0 Å². The Labute approximate surface area is 62.3 Å². The van der Waals surface area contributed by atoms with Crippen LogP contribution in [0.3, 0.4) is 0 Å². The Morgan fingerprint density at radius 2 is 1.90 bits per heavy atom. The lowest BCUT2D eigenvalue weighted by Crippen LogP contribution is -1.77. The molecule has 1 heterocycles. The van der Waals surface area contributed by atoms with Gasteiger partial charge >= 0.3 is 0 Å². The van der Waals surface area contributed by atoms with Crippen molar-refractivity contribution in [1.29, 1.82) is 0 Å². The van der Waals surface area contributed by atoms with Gasteiger partial charge in [0.05, 0.1) is 5.69 Å². The largest absolute Gasteiger partial charge is 0.261 e. The summed E-state index contributed by atoms with van der Waals surface area (Å²) in [6.07, 6.45) is 6.31. The summed E-state index contributed by atoms with van der Waals surface area (Å²) in [6.45, 7) is 6.16. The number of aryl methyl sites for hydroxylation is 1. The highest BCUT2D eigenvalue weighted by Crippen LogP contribution is 1.81. The Morgan fingerprint density at radius 1 is 1.30 bits per heavy atom. The molecule has 0 aliphatic carbocycles. The molecule has 0 saturated heterocycles. The van der Waals surface area contributed by atoms with Gasteiger partial charge in [-0.15, -0.1) is 0 Å². The van der Waals surface area contributed by atoms with E-state index >= 15 is 0 Å². The molecule has 1 rings (SSSR count). The molecule has 10 heavy (non-hydrogen) atoms. The molecule has 0 radical (unpaired) electrons. The molecule has 0 atom stereocenters. The van der Waals surface area contributed by atoms with Crippen LogP contribution in [0.2, 0.25) is 0 Å². The maximum absolute atomic E-state index is 3.92. The molecule has 1 aromatic rings. The highest BCUT2D eigenvalue weighted by molar-refractivity contribution is 4.88. The number of aromatic nitrogens is 2. The van der Waals surface area contributed by atoms with Gasteiger partial charge in [0.2, 0.25) is 0 Å². The second kappa shape index (κ2) is 6.20. The van der Waals surface area contributed by atoms with E-state index < -0.39 is 0 Å². The Bertz CT molecular complexity index is 149. The second-order valence-corrected chi connectivity index (χ2v) is 2.05. The van der Waals surface area contributed by atoms with E-state index in [-0.39, 0.29) is 0 Å². The van der Waals surface area contributed by atoms with Gasteiger partial charge in [0.25, 0.3) is 0 Å². The third-order valence-electron chi connectivity index (χ3n) is 0.692. The molecule has 0 saturated carbocycles. The molecule has 0 aliphatic rings. The number of hydrogen-bond acceptors (Lipinski definition) is 2. The summed E-state index contributed by atoms with van der Waals surface area (Å²) in [6, 6.07) is 0. The first kappa shape index (κ1) is 9.08. The van der Waals surface area contributed by atoms with Crippen molar-refractivity contribution >= 4 is 0 Å². The maximum Gasteiger partial charge on any atom is 0.0555 e. The summed E-state index contributed by atoms with van der Waals surface area (Å²) in [4.78, 5) is 7.74. The number of nitrogens with zero attached hydrogens (tertiary/aromatic N) is 2. The van der Waals surface area contributed by atoms with E-state index in [9.17, 15) is 0 Å². The van der Waals surface area contributed by atoms with Crippen LogP contribution in [0.15, 0.2) is 18.6 Å². The van der Waals surface area contributed by atoms with Crippen LogP contribution in [0.25, 0.3) is 0 Å². The van der Waals surface area contributed by atoms with Crippen molar-refractivity contribution in [2.75, 3.05) is 0 Å². The Hall–Kier alpha value is -0.920. The normalized spacial score (nSPS) is 7.90. The van der Waals surface area contributed by atoms with Gasteiger partial charge < -0.3 is 0 Å². The molecule has 0 aromatic carbocycles. The first-order valence-electron chi connectivity index (χ1n) is 3.53. The summed E-state index contributed by atoms with van der Waals surface area (Å²) in [5.74, 6) is 0. The highest BCUT2D eigenvalue weighted by Gasteiger charge is 1.74. The van der Waals surface area contributed by atoms with Gasteiger partial charge in [0, 0.05) is 18.6 Å². The molecule has 0 aliphatic heterocycles. The molecular weight excluding hydrogens is 124 g/mol. The average Bonchev–Trinajstić information content (AvgIpc) is 1.91. The van der Waals surface area contributed by atoms with Crippen molar-refractivity contribution in [3.63, 3.8) is 0 Å². The fourth-order valence-electron chi connectivity index (χ4n) is 0.374. The van der Waals surface area contributed by atoms with Gasteiger partial charge in [0.15, 0.2) is 0 Å². The minimum atomic E-state index is 0.961. The molecule has 0 amide bonds.